The van der Waals surface area contributed by atoms with Crippen molar-refractivity contribution in [1.82, 2.24) is 19.9 Å². The van der Waals surface area contributed by atoms with Gasteiger partial charge in [0.2, 0.25) is 11.3 Å². The Kier molecular flexibility index (Phi) is 6.58. The van der Waals surface area contributed by atoms with E-state index in [2.05, 4.69) is 15.3 Å². The molecule has 7 nitrogen and oxygen atoms in total. The van der Waals surface area contributed by atoms with Gasteiger partial charge in [-0.1, -0.05) is 0 Å². The fourth-order valence-electron chi connectivity index (χ4n) is 4.14. The fraction of sp³-hybridized carbons (Fsp3) is 0.417. The van der Waals surface area contributed by atoms with Crippen molar-refractivity contribution < 1.29 is 22.7 Å². The van der Waals surface area contributed by atoms with E-state index in [-0.39, 0.29) is 29.0 Å². The van der Waals surface area contributed by atoms with Crippen molar-refractivity contribution in [1.29, 1.82) is 0 Å². The molecule has 0 saturated heterocycles. The van der Waals surface area contributed by atoms with Gasteiger partial charge >= 0.3 is 6.18 Å². The summed E-state index contributed by atoms with van der Waals surface area (Å²) in [7, 11) is 0. The average molecular weight is 474 g/mol. The van der Waals surface area contributed by atoms with Gasteiger partial charge in [0.05, 0.1) is 10.9 Å². The van der Waals surface area contributed by atoms with E-state index in [4.69, 9.17) is 4.74 Å². The Labute approximate surface area is 194 Å². The molecule has 0 bridgehead atoms. The van der Waals surface area contributed by atoms with Crippen LogP contribution in [0.2, 0.25) is 0 Å². The number of carbonyl (C=O) groups excluding carboxylic acids is 1. The van der Waals surface area contributed by atoms with E-state index in [1.54, 1.807) is 22.9 Å². The minimum atomic E-state index is -4.44. The molecule has 10 heteroatoms. The molecule has 1 aliphatic carbocycles. The number of rotatable bonds is 5. The van der Waals surface area contributed by atoms with Gasteiger partial charge < -0.3 is 14.6 Å². The topological polar surface area (TPSA) is 86.1 Å². The molecule has 3 aromatic rings. The lowest BCUT2D eigenvalue weighted by molar-refractivity contribution is -0.137. The van der Waals surface area contributed by atoms with E-state index >= 15 is 0 Å². The van der Waals surface area contributed by atoms with Crippen molar-refractivity contribution in [2.75, 3.05) is 0 Å². The first-order valence-corrected chi connectivity index (χ1v) is 11.2. The summed E-state index contributed by atoms with van der Waals surface area (Å²) >= 11 is 0. The predicted molar refractivity (Wildman–Crippen MR) is 120 cm³/mol. The molecule has 0 aromatic carbocycles. The van der Waals surface area contributed by atoms with Gasteiger partial charge in [0.1, 0.15) is 17.3 Å². The lowest BCUT2D eigenvalue weighted by Crippen LogP contribution is -2.41. The largest absolute Gasteiger partial charge is 0.474 e. The highest BCUT2D eigenvalue weighted by Crippen LogP contribution is 2.30. The van der Waals surface area contributed by atoms with Crippen LogP contribution < -0.4 is 15.5 Å². The van der Waals surface area contributed by atoms with Crippen LogP contribution in [0.15, 0.2) is 41.5 Å². The van der Waals surface area contributed by atoms with Crippen molar-refractivity contribution in [2.45, 2.75) is 64.4 Å². The Hall–Kier alpha value is -3.43. The molecule has 4 rings (SSSR count). The van der Waals surface area contributed by atoms with Gasteiger partial charge in [0.15, 0.2) is 0 Å². The third-order valence-corrected chi connectivity index (χ3v) is 6.01. The maximum atomic E-state index is 12.9. The molecular formula is C24H25F3N4O3. The number of aromatic nitrogens is 3. The van der Waals surface area contributed by atoms with E-state index in [9.17, 15) is 22.8 Å². The first-order chi connectivity index (χ1) is 16.2. The lowest BCUT2D eigenvalue weighted by atomic mass is 9.92. The monoisotopic (exact) mass is 474 g/mol. The number of halogens is 3. The van der Waals surface area contributed by atoms with Crippen LogP contribution >= 0.6 is 0 Å². The third kappa shape index (κ3) is 5.05. The molecule has 0 atom stereocenters. The highest BCUT2D eigenvalue weighted by atomic mass is 19.4. The van der Waals surface area contributed by atoms with Gasteiger partial charge in [-0.3, -0.25) is 9.59 Å². The molecule has 1 aliphatic rings. The molecule has 1 N–H and O–H groups in total. The summed E-state index contributed by atoms with van der Waals surface area (Å²) in [5, 5.41) is 3.35. The molecule has 180 valence electrons. The molecule has 0 aliphatic heterocycles. The Balaban J connectivity index is 1.38. The van der Waals surface area contributed by atoms with Gasteiger partial charge in [0.25, 0.3) is 5.91 Å². The number of nitrogens with one attached hydrogen (secondary N) is 1. The standard InChI is InChI=1S/C24H25F3N4O3/c1-3-31-13-19(21(32)18-10-4-14(2)29-22(18)31)23(33)30-16-6-8-17(9-7-16)34-20-11-5-15(12-28-20)24(25,26)27/h4-5,10-13,16-17H,3,6-9H2,1-2H3,(H,30,33). The van der Waals surface area contributed by atoms with Crippen molar-refractivity contribution in [2.24, 2.45) is 0 Å². The average Bonchev–Trinajstić information content (AvgIpc) is 2.80. The van der Waals surface area contributed by atoms with Crippen LogP contribution in [0.1, 0.15) is 54.2 Å². The van der Waals surface area contributed by atoms with Crippen LogP contribution in [0.5, 0.6) is 5.88 Å². The molecule has 34 heavy (non-hydrogen) atoms. The molecule has 1 saturated carbocycles. The Morgan fingerprint density at radius 3 is 2.53 bits per heavy atom. The zero-order chi connectivity index (χ0) is 24.5. The number of carbonyl (C=O) groups is 1. The van der Waals surface area contributed by atoms with Gasteiger partial charge in [-0.15, -0.1) is 0 Å². The molecule has 0 unspecified atom stereocenters. The number of ether oxygens (including phenoxy) is 1. The highest BCUT2D eigenvalue weighted by Gasteiger charge is 2.31. The summed E-state index contributed by atoms with van der Waals surface area (Å²) in [6, 6.07) is 5.47. The zero-order valence-electron chi connectivity index (χ0n) is 18.9. The number of alkyl halides is 3. The summed E-state index contributed by atoms with van der Waals surface area (Å²) in [6.07, 6.45) is 0.108. The maximum Gasteiger partial charge on any atom is 0.417 e. The van der Waals surface area contributed by atoms with Crippen LogP contribution in [0, 0.1) is 6.92 Å². The van der Waals surface area contributed by atoms with E-state index < -0.39 is 17.6 Å². The van der Waals surface area contributed by atoms with Crippen molar-refractivity contribution >= 4 is 16.9 Å². The maximum absolute atomic E-state index is 12.9. The summed E-state index contributed by atoms with van der Waals surface area (Å²) in [4.78, 5) is 34.0. The predicted octanol–water partition coefficient (Wildman–Crippen LogP) is 4.26. The third-order valence-electron chi connectivity index (χ3n) is 6.01. The second-order valence-electron chi connectivity index (χ2n) is 8.43. The van der Waals surface area contributed by atoms with Gasteiger partial charge in [-0.2, -0.15) is 13.2 Å². The number of amides is 1. The molecule has 0 radical (unpaired) electrons. The summed E-state index contributed by atoms with van der Waals surface area (Å²) in [5.74, 6) is -0.288. The number of nitrogens with zero attached hydrogens (tertiary/aromatic N) is 3. The Bertz CT molecular complexity index is 1250. The van der Waals surface area contributed by atoms with Crippen LogP contribution in [-0.4, -0.2) is 32.6 Å². The molecule has 1 fully saturated rings. The molecule has 3 heterocycles. The fourth-order valence-corrected chi connectivity index (χ4v) is 4.14. The normalized spacial score (nSPS) is 18.6. The van der Waals surface area contributed by atoms with Gasteiger partial charge in [0, 0.05) is 36.7 Å². The number of fused-ring (bicyclic) bond motifs is 1. The van der Waals surface area contributed by atoms with E-state index in [0.717, 1.165) is 18.0 Å². The quantitative estimate of drug-likeness (QED) is 0.597. The van der Waals surface area contributed by atoms with E-state index in [1.807, 2.05) is 13.8 Å². The SMILES string of the molecule is CCn1cc(C(=O)NC2CCC(Oc3ccc(C(F)(F)F)cn3)CC2)c(=O)c2ccc(C)nc21. The molecule has 1 amide bonds. The second kappa shape index (κ2) is 9.44. The molecular weight excluding hydrogens is 449 g/mol. The van der Waals surface area contributed by atoms with Crippen molar-refractivity contribution in [3.63, 3.8) is 0 Å². The van der Waals surface area contributed by atoms with Crippen molar-refractivity contribution in [3.8, 4) is 5.88 Å². The number of aryl methyl sites for hydroxylation is 2. The molecule has 0 spiro atoms. The number of hydrogen-bond acceptors (Lipinski definition) is 5. The smallest absolute Gasteiger partial charge is 0.417 e. The van der Waals surface area contributed by atoms with Gasteiger partial charge in [-0.25, -0.2) is 9.97 Å². The number of pyridine rings is 3. The van der Waals surface area contributed by atoms with Crippen LogP contribution in [0.25, 0.3) is 11.0 Å². The summed E-state index contributed by atoms with van der Waals surface area (Å²) in [5.41, 5.74) is 0.241. The minimum absolute atomic E-state index is 0.0762. The van der Waals surface area contributed by atoms with E-state index in [1.165, 1.54) is 6.07 Å². The first kappa shape index (κ1) is 23.7. The van der Waals surface area contributed by atoms with Crippen molar-refractivity contribution in [3.05, 3.63) is 63.7 Å². The van der Waals surface area contributed by atoms with E-state index in [0.29, 0.717) is 43.3 Å². The Morgan fingerprint density at radius 2 is 1.91 bits per heavy atom. The first-order valence-electron chi connectivity index (χ1n) is 11.2. The summed E-state index contributed by atoms with van der Waals surface area (Å²) < 4.78 is 45.5. The lowest BCUT2D eigenvalue weighted by Gasteiger charge is -2.29. The second-order valence-corrected chi connectivity index (χ2v) is 8.43. The summed E-state index contributed by atoms with van der Waals surface area (Å²) in [6.45, 7) is 4.33. The minimum Gasteiger partial charge on any atom is -0.474 e. The van der Waals surface area contributed by atoms with Crippen LogP contribution in [0.3, 0.4) is 0 Å². The number of hydrogen-bond donors (Lipinski definition) is 1. The van der Waals surface area contributed by atoms with Crippen LogP contribution in [0.4, 0.5) is 13.2 Å². The van der Waals surface area contributed by atoms with Crippen LogP contribution in [-0.2, 0) is 12.7 Å². The Morgan fingerprint density at radius 1 is 1.18 bits per heavy atom. The molecule has 3 aromatic heterocycles. The van der Waals surface area contributed by atoms with Gasteiger partial charge in [-0.05, 0) is 57.7 Å². The zero-order valence-corrected chi connectivity index (χ0v) is 18.9. The highest BCUT2D eigenvalue weighted by molar-refractivity contribution is 5.97.